The molecule has 7 heteroatoms. The van der Waals surface area contributed by atoms with Gasteiger partial charge in [-0.15, -0.1) is 11.3 Å². The summed E-state index contributed by atoms with van der Waals surface area (Å²) in [6.45, 7) is 1.89. The SMILES string of the molecule is Cc1ccc(-c2csc(NC(=O)COc3ccc(Cl)c(Cl)c3)n2)cc1. The molecule has 1 N–H and O–H groups in total. The van der Waals surface area contributed by atoms with Gasteiger partial charge in [-0.2, -0.15) is 0 Å². The monoisotopic (exact) mass is 392 g/mol. The van der Waals surface area contributed by atoms with Crippen molar-refractivity contribution in [3.8, 4) is 17.0 Å². The molecule has 0 aliphatic rings. The Morgan fingerprint density at radius 3 is 2.64 bits per heavy atom. The third kappa shape index (κ3) is 4.72. The first kappa shape index (κ1) is 17.7. The summed E-state index contributed by atoms with van der Waals surface area (Å²) in [5.41, 5.74) is 3.02. The van der Waals surface area contributed by atoms with E-state index in [0.717, 1.165) is 11.3 Å². The highest BCUT2D eigenvalue weighted by atomic mass is 35.5. The van der Waals surface area contributed by atoms with Crippen LogP contribution in [0, 0.1) is 6.92 Å². The molecule has 0 aliphatic carbocycles. The first-order chi connectivity index (χ1) is 12.0. The number of amides is 1. The number of nitrogens with zero attached hydrogens (tertiary/aromatic N) is 1. The number of carbonyl (C=O) groups excluding carboxylic acids is 1. The van der Waals surface area contributed by atoms with Crippen molar-refractivity contribution < 1.29 is 9.53 Å². The van der Waals surface area contributed by atoms with Gasteiger partial charge in [-0.05, 0) is 19.1 Å². The highest BCUT2D eigenvalue weighted by Crippen LogP contribution is 2.27. The maximum Gasteiger partial charge on any atom is 0.264 e. The van der Waals surface area contributed by atoms with Crippen LogP contribution < -0.4 is 10.1 Å². The van der Waals surface area contributed by atoms with Crippen molar-refractivity contribution in [2.45, 2.75) is 6.92 Å². The highest BCUT2D eigenvalue weighted by molar-refractivity contribution is 7.14. The van der Waals surface area contributed by atoms with Gasteiger partial charge in [0, 0.05) is 17.0 Å². The lowest BCUT2D eigenvalue weighted by atomic mass is 10.1. The zero-order chi connectivity index (χ0) is 17.8. The van der Waals surface area contributed by atoms with Gasteiger partial charge in [0.15, 0.2) is 11.7 Å². The maximum atomic E-state index is 12.0. The molecule has 0 aliphatic heterocycles. The van der Waals surface area contributed by atoms with Crippen LogP contribution in [-0.2, 0) is 4.79 Å². The van der Waals surface area contributed by atoms with Gasteiger partial charge in [-0.1, -0.05) is 53.0 Å². The van der Waals surface area contributed by atoms with Crippen LogP contribution in [0.15, 0.2) is 47.8 Å². The van der Waals surface area contributed by atoms with Crippen molar-refractivity contribution in [1.29, 1.82) is 0 Å². The van der Waals surface area contributed by atoms with Gasteiger partial charge < -0.3 is 4.74 Å². The lowest BCUT2D eigenvalue weighted by molar-refractivity contribution is -0.118. The number of ether oxygens (including phenoxy) is 1. The molecule has 3 rings (SSSR count). The number of aryl methyl sites for hydroxylation is 1. The van der Waals surface area contributed by atoms with Crippen molar-refractivity contribution in [3.63, 3.8) is 0 Å². The molecular formula is C18H14Cl2N2O2S. The van der Waals surface area contributed by atoms with Crippen molar-refractivity contribution in [3.05, 3.63) is 63.5 Å². The third-order valence-electron chi connectivity index (χ3n) is 3.36. The van der Waals surface area contributed by atoms with E-state index in [1.807, 2.05) is 36.6 Å². The van der Waals surface area contributed by atoms with E-state index < -0.39 is 0 Å². The Hall–Kier alpha value is -2.08. The topological polar surface area (TPSA) is 51.2 Å². The lowest BCUT2D eigenvalue weighted by Crippen LogP contribution is -2.20. The Labute approximate surface area is 159 Å². The highest BCUT2D eigenvalue weighted by Gasteiger charge is 2.09. The van der Waals surface area contributed by atoms with Gasteiger partial charge >= 0.3 is 0 Å². The fourth-order valence-corrected chi connectivity index (χ4v) is 3.08. The molecule has 0 saturated heterocycles. The van der Waals surface area contributed by atoms with Crippen LogP contribution in [0.2, 0.25) is 10.0 Å². The van der Waals surface area contributed by atoms with Crippen LogP contribution in [0.3, 0.4) is 0 Å². The number of halogens is 2. The molecule has 4 nitrogen and oxygen atoms in total. The largest absolute Gasteiger partial charge is 0.484 e. The molecular weight excluding hydrogens is 379 g/mol. The predicted molar refractivity (Wildman–Crippen MR) is 103 cm³/mol. The van der Waals surface area contributed by atoms with E-state index in [4.69, 9.17) is 27.9 Å². The van der Waals surface area contributed by atoms with Crippen LogP contribution in [0.5, 0.6) is 5.75 Å². The fourth-order valence-electron chi connectivity index (χ4n) is 2.06. The van der Waals surface area contributed by atoms with Crippen LogP contribution in [0.1, 0.15) is 5.56 Å². The molecule has 0 fully saturated rings. The van der Waals surface area contributed by atoms with Gasteiger partial charge in [0.1, 0.15) is 5.75 Å². The summed E-state index contributed by atoms with van der Waals surface area (Å²) in [6, 6.07) is 12.9. The van der Waals surface area contributed by atoms with Crippen LogP contribution in [-0.4, -0.2) is 17.5 Å². The number of hydrogen-bond acceptors (Lipinski definition) is 4. The summed E-state index contributed by atoms with van der Waals surface area (Å²) in [6.07, 6.45) is 0. The Morgan fingerprint density at radius 1 is 1.16 bits per heavy atom. The predicted octanol–water partition coefficient (Wildman–Crippen LogP) is 5.44. The van der Waals surface area contributed by atoms with Crippen LogP contribution >= 0.6 is 34.5 Å². The Bertz CT molecular complexity index is 894. The van der Waals surface area contributed by atoms with Crippen molar-refractivity contribution in [1.82, 2.24) is 4.98 Å². The van der Waals surface area contributed by atoms with Crippen molar-refractivity contribution in [2.75, 3.05) is 11.9 Å². The molecule has 0 atom stereocenters. The normalized spacial score (nSPS) is 10.5. The van der Waals surface area contributed by atoms with Gasteiger partial charge in [0.25, 0.3) is 5.91 Å². The summed E-state index contributed by atoms with van der Waals surface area (Å²) in [5, 5.41) is 5.97. The molecule has 128 valence electrons. The summed E-state index contributed by atoms with van der Waals surface area (Å²) in [4.78, 5) is 16.4. The Balaban J connectivity index is 1.58. The van der Waals surface area contributed by atoms with E-state index in [-0.39, 0.29) is 12.5 Å². The molecule has 0 radical (unpaired) electrons. The zero-order valence-corrected chi connectivity index (χ0v) is 15.6. The number of thiazole rings is 1. The van der Waals surface area contributed by atoms with E-state index >= 15 is 0 Å². The number of anilines is 1. The third-order valence-corrected chi connectivity index (χ3v) is 4.86. The molecule has 1 aromatic heterocycles. The average Bonchev–Trinajstić information content (AvgIpc) is 3.05. The van der Waals surface area contributed by atoms with E-state index in [1.54, 1.807) is 18.2 Å². The van der Waals surface area contributed by atoms with E-state index in [0.29, 0.717) is 20.9 Å². The zero-order valence-electron chi connectivity index (χ0n) is 13.3. The van der Waals surface area contributed by atoms with Gasteiger partial charge in [0.05, 0.1) is 15.7 Å². The Morgan fingerprint density at radius 2 is 1.92 bits per heavy atom. The first-order valence-electron chi connectivity index (χ1n) is 7.41. The fraction of sp³-hybridized carbons (Fsp3) is 0.111. The van der Waals surface area contributed by atoms with E-state index in [1.165, 1.54) is 16.9 Å². The molecule has 0 bridgehead atoms. The number of rotatable bonds is 5. The second-order valence-corrected chi connectivity index (χ2v) is 6.99. The minimum absolute atomic E-state index is 0.141. The molecule has 1 amide bonds. The molecule has 0 unspecified atom stereocenters. The van der Waals surface area contributed by atoms with Crippen molar-refractivity contribution in [2.24, 2.45) is 0 Å². The van der Waals surface area contributed by atoms with Crippen LogP contribution in [0.4, 0.5) is 5.13 Å². The Kier molecular flexibility index (Phi) is 5.58. The van der Waals surface area contributed by atoms with E-state index in [9.17, 15) is 4.79 Å². The van der Waals surface area contributed by atoms with Gasteiger partial charge in [-0.25, -0.2) is 4.98 Å². The number of benzene rings is 2. The lowest BCUT2D eigenvalue weighted by Gasteiger charge is -2.06. The number of nitrogens with one attached hydrogen (secondary N) is 1. The van der Waals surface area contributed by atoms with Gasteiger partial charge in [0.2, 0.25) is 0 Å². The second kappa shape index (κ2) is 7.87. The molecule has 3 aromatic rings. The van der Waals surface area contributed by atoms with Crippen molar-refractivity contribution >= 4 is 45.6 Å². The number of carbonyl (C=O) groups is 1. The average molecular weight is 393 g/mol. The minimum atomic E-state index is -0.295. The molecule has 1 heterocycles. The molecule has 0 spiro atoms. The molecule has 25 heavy (non-hydrogen) atoms. The second-order valence-electron chi connectivity index (χ2n) is 5.32. The first-order valence-corrected chi connectivity index (χ1v) is 9.05. The van der Waals surface area contributed by atoms with Gasteiger partial charge in [-0.3, -0.25) is 10.1 Å². The number of hydrogen-bond donors (Lipinski definition) is 1. The summed E-state index contributed by atoms with van der Waals surface area (Å²) < 4.78 is 5.40. The maximum absolute atomic E-state index is 12.0. The van der Waals surface area contributed by atoms with E-state index in [2.05, 4.69) is 10.3 Å². The van der Waals surface area contributed by atoms with Crippen LogP contribution in [0.25, 0.3) is 11.3 Å². The molecule has 0 saturated carbocycles. The smallest absolute Gasteiger partial charge is 0.264 e. The standard InChI is InChI=1S/C18H14Cl2N2O2S/c1-11-2-4-12(5-3-11)16-10-25-18(21-16)22-17(23)9-24-13-6-7-14(19)15(20)8-13/h2-8,10H,9H2,1H3,(H,21,22,23). The number of aromatic nitrogens is 1. The summed E-state index contributed by atoms with van der Waals surface area (Å²) >= 11 is 13.1. The quantitative estimate of drug-likeness (QED) is 0.628. The summed E-state index contributed by atoms with van der Waals surface area (Å²) in [7, 11) is 0. The molecule has 2 aromatic carbocycles. The summed E-state index contributed by atoms with van der Waals surface area (Å²) in [5.74, 6) is 0.180. The minimum Gasteiger partial charge on any atom is -0.484 e.